The lowest BCUT2D eigenvalue weighted by Crippen LogP contribution is -2.59. The van der Waals surface area contributed by atoms with Gasteiger partial charge in [0.05, 0.1) is 25.0 Å². The van der Waals surface area contributed by atoms with Crippen LogP contribution in [0.1, 0.15) is 64.3 Å². The van der Waals surface area contributed by atoms with Gasteiger partial charge >= 0.3 is 0 Å². The number of amides is 7. The van der Waals surface area contributed by atoms with E-state index in [0.29, 0.717) is 25.0 Å². The summed E-state index contributed by atoms with van der Waals surface area (Å²) in [6.45, 7) is 8.68. The Balaban J connectivity index is 1.39. The number of nitrogens with zero attached hydrogens (tertiary/aromatic N) is 1. The molecule has 2 aromatic carbocycles. The fraction of sp³-hybridized carbons (Fsp3) is 0.500. The van der Waals surface area contributed by atoms with Crippen LogP contribution >= 0.6 is 11.8 Å². The summed E-state index contributed by atoms with van der Waals surface area (Å²) in [6.07, 6.45) is 8.38. The molecule has 0 aliphatic heterocycles. The van der Waals surface area contributed by atoms with Gasteiger partial charge < -0.3 is 58.2 Å². The highest BCUT2D eigenvalue weighted by Gasteiger charge is 2.32. The van der Waals surface area contributed by atoms with Crippen LogP contribution in [0.25, 0.3) is 10.9 Å². The van der Waals surface area contributed by atoms with Crippen LogP contribution in [0.3, 0.4) is 0 Å². The van der Waals surface area contributed by atoms with Gasteiger partial charge in [-0.1, -0.05) is 76.2 Å². The molecule has 2 aromatic heterocycles. The molecular formula is C48H70N12O7S. The van der Waals surface area contributed by atoms with E-state index < -0.39 is 96.1 Å². The molecule has 12 N–H and O–H groups in total. The number of nitrogens with one attached hydrogen (secondary N) is 10. The first-order valence-electron chi connectivity index (χ1n) is 23.0. The van der Waals surface area contributed by atoms with E-state index in [1.165, 1.54) is 19.4 Å². The molecule has 0 radical (unpaired) electrons. The summed E-state index contributed by atoms with van der Waals surface area (Å²) in [4.78, 5) is 104. The van der Waals surface area contributed by atoms with E-state index in [0.717, 1.165) is 27.8 Å². The van der Waals surface area contributed by atoms with Crippen LogP contribution in [0.2, 0.25) is 0 Å². The minimum atomic E-state index is -1.14. The SMILES string of the molecule is CN[C@H](Cc1ccccc1)C(=O)N[C@@H](Cc1c[nH]c2ccccc12)C(=O)N[C@@H](C)C(=O)N[C@H](C(=O)NCC(=O)N[C@@H](Cc1cnc[nH]1)C(=O)N[C@H](CN[C@@H](CCSC)C(N)=O)CC(C)C)C(C)C. The average Bonchev–Trinajstić information content (AvgIpc) is 3.98. The van der Waals surface area contributed by atoms with E-state index in [4.69, 9.17) is 5.73 Å². The number of fused-ring (bicyclic) bond motifs is 1. The number of carbonyl (C=O) groups excluding carboxylic acids is 7. The zero-order chi connectivity index (χ0) is 49.8. The molecule has 0 aliphatic rings. The Kier molecular flexibility index (Phi) is 22.0. The molecule has 0 saturated heterocycles. The first-order valence-corrected chi connectivity index (χ1v) is 24.4. The summed E-state index contributed by atoms with van der Waals surface area (Å²) in [7, 11) is 1.67. The Labute approximate surface area is 402 Å². The molecule has 68 heavy (non-hydrogen) atoms. The molecule has 0 fully saturated rings. The van der Waals surface area contributed by atoms with Crippen molar-refractivity contribution in [2.45, 2.75) is 109 Å². The van der Waals surface area contributed by atoms with E-state index in [1.807, 2.05) is 74.7 Å². The van der Waals surface area contributed by atoms with Crippen molar-refractivity contribution in [1.82, 2.24) is 57.5 Å². The lowest BCUT2D eigenvalue weighted by atomic mass is 10.0. The predicted molar refractivity (Wildman–Crippen MR) is 264 cm³/mol. The summed E-state index contributed by atoms with van der Waals surface area (Å²) in [6, 6.07) is 11.1. The van der Waals surface area contributed by atoms with Crippen LogP contribution in [0.4, 0.5) is 0 Å². The number of benzene rings is 2. The van der Waals surface area contributed by atoms with Gasteiger partial charge in [0.1, 0.15) is 24.2 Å². The van der Waals surface area contributed by atoms with Crippen LogP contribution in [-0.4, -0.2) is 131 Å². The van der Waals surface area contributed by atoms with Crippen molar-refractivity contribution in [2.24, 2.45) is 17.6 Å². The van der Waals surface area contributed by atoms with E-state index in [-0.39, 0.29) is 25.3 Å². The van der Waals surface area contributed by atoms with Gasteiger partial charge in [0.2, 0.25) is 41.4 Å². The summed E-state index contributed by atoms with van der Waals surface area (Å²) < 4.78 is 0. The van der Waals surface area contributed by atoms with Gasteiger partial charge in [-0.3, -0.25) is 33.6 Å². The van der Waals surface area contributed by atoms with Gasteiger partial charge in [0, 0.05) is 54.4 Å². The number of aromatic amines is 2. The lowest BCUT2D eigenvalue weighted by molar-refractivity contribution is -0.134. The minimum absolute atomic E-state index is 0.0648. The highest BCUT2D eigenvalue weighted by Crippen LogP contribution is 2.20. The lowest BCUT2D eigenvalue weighted by Gasteiger charge is -2.27. The minimum Gasteiger partial charge on any atom is -0.368 e. The molecule has 370 valence electrons. The second-order valence-electron chi connectivity index (χ2n) is 17.7. The highest BCUT2D eigenvalue weighted by atomic mass is 32.2. The summed E-state index contributed by atoms with van der Waals surface area (Å²) in [5.74, 6) is -3.49. The first kappa shape index (κ1) is 54.4. The van der Waals surface area contributed by atoms with E-state index in [9.17, 15) is 33.6 Å². The third-order valence-corrected chi connectivity index (χ3v) is 12.0. The Morgan fingerprint density at radius 1 is 0.721 bits per heavy atom. The van der Waals surface area contributed by atoms with Crippen molar-refractivity contribution in [3.63, 3.8) is 0 Å². The molecule has 2 heterocycles. The third kappa shape index (κ3) is 17.4. The van der Waals surface area contributed by atoms with Gasteiger partial charge in [-0.15, -0.1) is 0 Å². The number of likely N-dealkylation sites (N-methyl/N-ethyl adjacent to an activating group) is 1. The molecular weight excluding hydrogens is 889 g/mol. The van der Waals surface area contributed by atoms with Crippen molar-refractivity contribution in [3.05, 3.63) is 90.1 Å². The zero-order valence-electron chi connectivity index (χ0n) is 40.1. The summed E-state index contributed by atoms with van der Waals surface area (Å²) >= 11 is 1.59. The molecule has 0 aliphatic carbocycles. The molecule has 7 amide bonds. The van der Waals surface area contributed by atoms with Gasteiger partial charge in [0.25, 0.3) is 0 Å². The molecule has 7 atom stereocenters. The first-order chi connectivity index (χ1) is 32.5. The second-order valence-corrected chi connectivity index (χ2v) is 18.7. The molecule has 0 saturated carbocycles. The van der Waals surface area contributed by atoms with Crippen molar-refractivity contribution in [1.29, 1.82) is 0 Å². The number of nitrogens with two attached hydrogens (primary N) is 1. The number of H-pyrrole nitrogens is 2. The maximum absolute atomic E-state index is 14.0. The number of hydrogen-bond donors (Lipinski definition) is 11. The van der Waals surface area contributed by atoms with Crippen molar-refractivity contribution in [2.75, 3.05) is 32.1 Å². The molecule has 0 spiro atoms. The topological polar surface area (TPSA) is 286 Å². The zero-order valence-corrected chi connectivity index (χ0v) is 40.9. The van der Waals surface area contributed by atoms with Crippen molar-refractivity contribution >= 4 is 64.0 Å². The van der Waals surface area contributed by atoms with Gasteiger partial charge in [0.15, 0.2) is 0 Å². The van der Waals surface area contributed by atoms with Gasteiger partial charge in [-0.05, 0) is 74.3 Å². The highest BCUT2D eigenvalue weighted by molar-refractivity contribution is 7.98. The molecule has 0 unspecified atom stereocenters. The maximum atomic E-state index is 14.0. The third-order valence-electron chi connectivity index (χ3n) is 11.4. The summed E-state index contributed by atoms with van der Waals surface area (Å²) in [5, 5.41) is 23.7. The van der Waals surface area contributed by atoms with Crippen LogP contribution < -0.4 is 48.3 Å². The number of para-hydroxylation sites is 1. The number of rotatable bonds is 29. The van der Waals surface area contributed by atoms with Crippen molar-refractivity contribution < 1.29 is 33.6 Å². The average molecular weight is 959 g/mol. The van der Waals surface area contributed by atoms with E-state index in [2.05, 4.69) is 57.5 Å². The molecule has 0 bridgehead atoms. The molecule has 19 nitrogen and oxygen atoms in total. The quantitative estimate of drug-likeness (QED) is 0.0365. The Morgan fingerprint density at radius 2 is 1.40 bits per heavy atom. The fourth-order valence-electron chi connectivity index (χ4n) is 7.65. The number of hydrogen-bond acceptors (Lipinski definition) is 11. The fourth-order valence-corrected chi connectivity index (χ4v) is 8.12. The van der Waals surface area contributed by atoms with E-state index in [1.54, 1.807) is 38.9 Å². The largest absolute Gasteiger partial charge is 0.368 e. The number of imidazole rings is 1. The van der Waals surface area contributed by atoms with Crippen LogP contribution in [0.5, 0.6) is 0 Å². The monoisotopic (exact) mass is 959 g/mol. The molecule has 20 heteroatoms. The summed E-state index contributed by atoms with van der Waals surface area (Å²) in [5.41, 5.74) is 8.80. The van der Waals surface area contributed by atoms with Crippen LogP contribution in [0.15, 0.2) is 73.3 Å². The normalized spacial score (nSPS) is 14.5. The Hall–Kier alpha value is -6.25. The number of carbonyl (C=O) groups is 7. The predicted octanol–water partition coefficient (Wildman–Crippen LogP) is 0.966. The standard InChI is InChI=1S/C48H70N12O7S/c1-28(2)19-34(25-53-37(43(49)62)17-18-68-7)57-47(66)40(22-33-24-51-27-55-33)58-41(61)26-54-48(67)42(29(3)4)60-44(63)30(5)56-46(65)39(21-32-23-52-36-16-12-11-15-35(32)36)59-45(64)38(50-6)20-31-13-9-8-10-14-31/h8-16,23-24,27-30,34,37-40,42,50,52-53H,17-22,25-26H2,1-7H3,(H2,49,62)(H,51,55)(H,54,67)(H,56,65)(H,57,66)(H,58,61)(H,59,64)(H,60,63)/t30-,34-,37-,38+,39-,40-,42-/m0/s1. The van der Waals surface area contributed by atoms with E-state index >= 15 is 0 Å². The van der Waals surface area contributed by atoms with Crippen LogP contribution in [0, 0.1) is 11.8 Å². The molecule has 4 aromatic rings. The van der Waals surface area contributed by atoms with Crippen LogP contribution in [-0.2, 0) is 52.8 Å². The number of aromatic nitrogens is 3. The molecule has 4 rings (SSSR count). The van der Waals surface area contributed by atoms with Crippen molar-refractivity contribution in [3.8, 4) is 0 Å². The van der Waals surface area contributed by atoms with Gasteiger partial charge in [-0.2, -0.15) is 11.8 Å². The maximum Gasteiger partial charge on any atom is 0.243 e. The number of primary amides is 1. The van der Waals surface area contributed by atoms with Gasteiger partial charge in [-0.25, -0.2) is 4.98 Å². The Morgan fingerprint density at radius 3 is 2.04 bits per heavy atom. The smallest absolute Gasteiger partial charge is 0.243 e. The second kappa shape index (κ2) is 27.5. The Bertz CT molecular complexity index is 2250. The number of thioether (sulfide) groups is 1.